The number of hydrogen-bond acceptors (Lipinski definition) is 8. The first-order valence-electron chi connectivity index (χ1n) is 14.0. The summed E-state index contributed by atoms with van der Waals surface area (Å²) >= 11 is 1.19. The van der Waals surface area contributed by atoms with E-state index in [1.54, 1.807) is 6.92 Å². The van der Waals surface area contributed by atoms with E-state index < -0.39 is 0 Å². The van der Waals surface area contributed by atoms with Crippen LogP contribution in [0.3, 0.4) is 0 Å². The van der Waals surface area contributed by atoms with Gasteiger partial charge in [0.25, 0.3) is 0 Å². The van der Waals surface area contributed by atoms with E-state index in [4.69, 9.17) is 4.74 Å². The Labute approximate surface area is 239 Å². The van der Waals surface area contributed by atoms with Crippen LogP contribution in [-0.2, 0) is 16.0 Å². The molecule has 11 heteroatoms. The molecule has 4 rings (SSSR count). The van der Waals surface area contributed by atoms with Crippen molar-refractivity contribution < 1.29 is 23.5 Å². The number of piperidine rings is 2. The standard InChI is InChI=1S/C29H40FN5O4S/c1-19-27(20(2)36)40-29(31-19)33-28(38)32-26-10-12-34(13-14-39-21(3)37)17-24(26)18-35-11-4-5-23(16-35)15-22-6-8-25(30)9-7-22/h6-9,23-24,26H,4-5,10-18H2,1-3H3,(H2,31,32,33,38)/t23-,24-,26+/m0/s1. The minimum absolute atomic E-state index is 0.0317. The summed E-state index contributed by atoms with van der Waals surface area (Å²) in [4.78, 5) is 45.7. The van der Waals surface area contributed by atoms with Gasteiger partial charge in [-0.1, -0.05) is 23.5 Å². The molecule has 2 aromatic rings. The van der Waals surface area contributed by atoms with Gasteiger partial charge in [-0.2, -0.15) is 0 Å². The number of urea groups is 1. The van der Waals surface area contributed by atoms with Crippen molar-refractivity contribution in [2.45, 2.75) is 52.5 Å². The maximum absolute atomic E-state index is 13.3. The van der Waals surface area contributed by atoms with Crippen LogP contribution in [0.1, 0.15) is 54.0 Å². The topological polar surface area (TPSA) is 104 Å². The largest absolute Gasteiger partial charge is 0.465 e. The van der Waals surface area contributed by atoms with Crippen LogP contribution in [0.2, 0.25) is 0 Å². The predicted molar refractivity (Wildman–Crippen MR) is 153 cm³/mol. The number of benzene rings is 1. The van der Waals surface area contributed by atoms with Gasteiger partial charge >= 0.3 is 12.0 Å². The van der Waals surface area contributed by atoms with E-state index in [0.29, 0.717) is 34.8 Å². The lowest BCUT2D eigenvalue weighted by molar-refractivity contribution is -0.141. The van der Waals surface area contributed by atoms with E-state index in [0.717, 1.165) is 64.0 Å². The molecule has 9 nitrogen and oxygen atoms in total. The monoisotopic (exact) mass is 573 g/mol. The molecule has 0 radical (unpaired) electrons. The van der Waals surface area contributed by atoms with E-state index in [1.165, 1.54) is 37.3 Å². The van der Waals surface area contributed by atoms with Crippen molar-refractivity contribution in [3.8, 4) is 0 Å². The minimum Gasteiger partial charge on any atom is -0.465 e. The highest BCUT2D eigenvalue weighted by Crippen LogP contribution is 2.26. The smallest absolute Gasteiger partial charge is 0.321 e. The zero-order chi connectivity index (χ0) is 28.6. The highest BCUT2D eigenvalue weighted by atomic mass is 32.1. The van der Waals surface area contributed by atoms with Crippen molar-refractivity contribution in [3.05, 3.63) is 46.2 Å². The normalized spacial score (nSPS) is 22.1. The van der Waals surface area contributed by atoms with Crippen molar-refractivity contribution in [3.63, 3.8) is 0 Å². The predicted octanol–water partition coefficient (Wildman–Crippen LogP) is 4.12. The lowest BCUT2D eigenvalue weighted by atomic mass is 9.88. The molecular formula is C29H40FN5O4S. The van der Waals surface area contributed by atoms with Gasteiger partial charge in [0.15, 0.2) is 10.9 Å². The Kier molecular flexibility index (Phi) is 10.6. The number of amides is 2. The fourth-order valence-corrected chi connectivity index (χ4v) is 6.71. The molecular weight excluding hydrogens is 533 g/mol. The molecule has 2 amide bonds. The number of carbonyl (C=O) groups is 3. The van der Waals surface area contributed by atoms with Gasteiger partial charge in [0, 0.05) is 58.5 Å². The highest BCUT2D eigenvalue weighted by Gasteiger charge is 2.33. The van der Waals surface area contributed by atoms with Crippen molar-refractivity contribution in [1.82, 2.24) is 20.1 Å². The summed E-state index contributed by atoms with van der Waals surface area (Å²) in [6.45, 7) is 10.1. The molecule has 40 heavy (non-hydrogen) atoms. The van der Waals surface area contributed by atoms with Crippen molar-refractivity contribution in [2.75, 3.05) is 51.2 Å². The van der Waals surface area contributed by atoms with Gasteiger partial charge in [-0.25, -0.2) is 14.2 Å². The van der Waals surface area contributed by atoms with Gasteiger partial charge in [0.1, 0.15) is 12.4 Å². The maximum atomic E-state index is 13.3. The number of hydrogen-bond donors (Lipinski definition) is 2. The van der Waals surface area contributed by atoms with E-state index >= 15 is 0 Å². The molecule has 1 aromatic carbocycles. The van der Waals surface area contributed by atoms with Crippen LogP contribution in [0.15, 0.2) is 24.3 Å². The van der Waals surface area contributed by atoms with Crippen LogP contribution in [0.25, 0.3) is 0 Å². The average Bonchev–Trinajstić information content (AvgIpc) is 3.27. The third-order valence-corrected chi connectivity index (χ3v) is 8.89. The highest BCUT2D eigenvalue weighted by molar-refractivity contribution is 7.17. The number of Topliss-reactive ketones (excluding diaryl/α,β-unsaturated/α-hetero) is 1. The lowest BCUT2D eigenvalue weighted by Crippen LogP contribution is -2.56. The summed E-state index contributed by atoms with van der Waals surface area (Å²) in [6, 6.07) is 6.45. The third-order valence-electron chi connectivity index (χ3n) is 7.72. The molecule has 3 heterocycles. The number of thiazole rings is 1. The Bertz CT molecular complexity index is 1170. The number of halogens is 1. The maximum Gasteiger partial charge on any atom is 0.321 e. The van der Waals surface area contributed by atoms with Gasteiger partial charge in [-0.15, -0.1) is 0 Å². The number of likely N-dealkylation sites (tertiary alicyclic amines) is 2. The number of carbonyl (C=O) groups excluding carboxylic acids is 3. The summed E-state index contributed by atoms with van der Waals surface area (Å²) in [5.74, 6) is 0.129. The zero-order valence-electron chi connectivity index (χ0n) is 23.6. The summed E-state index contributed by atoms with van der Waals surface area (Å²) in [5, 5.41) is 6.41. The van der Waals surface area contributed by atoms with E-state index in [2.05, 4.69) is 25.4 Å². The average molecular weight is 574 g/mol. The quantitative estimate of drug-likeness (QED) is 0.326. The number of esters is 1. The molecule has 2 aliphatic rings. The molecule has 0 bridgehead atoms. The Morgan fingerprint density at radius 2 is 1.88 bits per heavy atom. The molecule has 0 unspecified atom stereocenters. The number of ketones is 1. The Hall–Kier alpha value is -2.89. The summed E-state index contributed by atoms with van der Waals surface area (Å²) in [6.07, 6.45) is 3.96. The fourth-order valence-electron chi connectivity index (χ4n) is 5.85. The van der Waals surface area contributed by atoms with Crippen LogP contribution in [0.4, 0.5) is 14.3 Å². The van der Waals surface area contributed by atoms with Crippen LogP contribution in [0, 0.1) is 24.6 Å². The Morgan fingerprint density at radius 1 is 1.10 bits per heavy atom. The first-order chi connectivity index (χ1) is 19.2. The SMILES string of the molecule is CC(=O)OCCN1CC[C@@H](NC(=O)Nc2nc(C)c(C(C)=O)s2)[C@H](CN2CCC[C@@H](Cc3ccc(F)cc3)C2)C1. The van der Waals surface area contributed by atoms with E-state index in [9.17, 15) is 18.8 Å². The first-order valence-corrected chi connectivity index (χ1v) is 14.9. The number of ether oxygens (including phenoxy) is 1. The van der Waals surface area contributed by atoms with Gasteiger partial charge in [-0.05, 0) is 62.8 Å². The molecule has 0 aliphatic carbocycles. The molecule has 2 aliphatic heterocycles. The molecule has 0 saturated carbocycles. The molecule has 2 N–H and O–H groups in total. The van der Waals surface area contributed by atoms with Crippen molar-refractivity contribution in [1.29, 1.82) is 0 Å². The third kappa shape index (κ3) is 8.81. The Morgan fingerprint density at radius 3 is 2.58 bits per heavy atom. The zero-order valence-corrected chi connectivity index (χ0v) is 24.4. The summed E-state index contributed by atoms with van der Waals surface area (Å²) in [5.41, 5.74) is 1.77. The van der Waals surface area contributed by atoms with Gasteiger partial charge in [-0.3, -0.25) is 19.8 Å². The van der Waals surface area contributed by atoms with Crippen molar-refractivity contribution >= 4 is 34.3 Å². The van der Waals surface area contributed by atoms with Gasteiger partial charge in [0.2, 0.25) is 0 Å². The number of aromatic nitrogens is 1. The van der Waals surface area contributed by atoms with E-state index in [1.807, 2.05) is 12.1 Å². The number of nitrogens with zero attached hydrogens (tertiary/aromatic N) is 3. The second-order valence-electron chi connectivity index (χ2n) is 11.0. The molecule has 3 atom stereocenters. The summed E-state index contributed by atoms with van der Waals surface area (Å²) in [7, 11) is 0. The van der Waals surface area contributed by atoms with Crippen LogP contribution in [-0.4, -0.2) is 84.5 Å². The lowest BCUT2D eigenvalue weighted by Gasteiger charge is -2.42. The van der Waals surface area contributed by atoms with Crippen molar-refractivity contribution in [2.24, 2.45) is 11.8 Å². The number of rotatable bonds is 10. The van der Waals surface area contributed by atoms with Gasteiger partial charge < -0.3 is 15.0 Å². The molecule has 2 fully saturated rings. The second kappa shape index (κ2) is 14.1. The minimum atomic E-state index is -0.319. The summed E-state index contributed by atoms with van der Waals surface area (Å²) < 4.78 is 18.5. The molecule has 0 spiro atoms. The second-order valence-corrected chi connectivity index (χ2v) is 12.0. The van der Waals surface area contributed by atoms with Crippen LogP contribution < -0.4 is 10.6 Å². The van der Waals surface area contributed by atoms with E-state index in [-0.39, 0.29) is 35.6 Å². The number of anilines is 1. The Balaban J connectivity index is 1.38. The van der Waals surface area contributed by atoms with Crippen LogP contribution in [0.5, 0.6) is 0 Å². The molecule has 1 aromatic heterocycles. The van der Waals surface area contributed by atoms with Gasteiger partial charge in [0.05, 0.1) is 10.6 Å². The fraction of sp³-hybridized carbons (Fsp3) is 0.586. The molecule has 2 saturated heterocycles. The number of nitrogens with one attached hydrogen (secondary N) is 2. The number of aryl methyl sites for hydroxylation is 1. The van der Waals surface area contributed by atoms with Crippen LogP contribution >= 0.6 is 11.3 Å². The first kappa shape index (κ1) is 30.1. The molecule has 218 valence electrons.